The number of hydrogen-bond acceptors (Lipinski definition) is 5. The maximum Gasteiger partial charge on any atom is 0.242 e. The van der Waals surface area contributed by atoms with Gasteiger partial charge in [0, 0.05) is 18.8 Å². The van der Waals surface area contributed by atoms with E-state index in [9.17, 15) is 13.2 Å². The zero-order chi connectivity index (χ0) is 13.9. The molecule has 4 N–H and O–H groups in total. The summed E-state index contributed by atoms with van der Waals surface area (Å²) >= 11 is 0. The van der Waals surface area contributed by atoms with E-state index in [4.69, 9.17) is 5.73 Å². The molecule has 8 heteroatoms. The topological polar surface area (TPSA) is 114 Å². The van der Waals surface area contributed by atoms with Crippen LogP contribution in [0.3, 0.4) is 0 Å². The second kappa shape index (κ2) is 5.64. The number of nitrogens with one attached hydrogen (secondary N) is 2. The van der Waals surface area contributed by atoms with Gasteiger partial charge in [-0.15, -0.1) is 0 Å². The average molecular weight is 284 g/mol. The number of sulfonamides is 1. The number of carbonyl (C=O) groups is 1. The van der Waals surface area contributed by atoms with Crippen LogP contribution in [0, 0.1) is 0 Å². The largest absolute Gasteiger partial charge is 0.352 e. The average Bonchev–Trinajstić information content (AvgIpc) is 3.20. The van der Waals surface area contributed by atoms with Crippen LogP contribution in [0.15, 0.2) is 23.2 Å². The number of nitrogens with zero attached hydrogens (tertiary/aromatic N) is 1. The summed E-state index contributed by atoms with van der Waals surface area (Å²) in [5.74, 6) is -0.322. The van der Waals surface area contributed by atoms with Crippen molar-refractivity contribution in [2.75, 3.05) is 6.54 Å². The fourth-order valence-corrected chi connectivity index (χ4v) is 2.37. The number of amides is 1. The quantitative estimate of drug-likeness (QED) is 0.626. The summed E-state index contributed by atoms with van der Waals surface area (Å²) in [6.45, 7) is -0.0188. The minimum absolute atomic E-state index is 0.0175. The monoisotopic (exact) mass is 284 g/mol. The number of rotatable bonds is 6. The second-order valence-electron chi connectivity index (χ2n) is 4.36. The molecule has 0 atom stereocenters. The molecule has 0 bridgehead atoms. The molecule has 1 aromatic heterocycles. The first-order valence-electron chi connectivity index (χ1n) is 5.95. The van der Waals surface area contributed by atoms with Crippen molar-refractivity contribution < 1.29 is 13.2 Å². The molecule has 0 aliphatic heterocycles. The molecule has 1 heterocycles. The summed E-state index contributed by atoms with van der Waals surface area (Å²) < 4.78 is 26.0. The van der Waals surface area contributed by atoms with Crippen molar-refractivity contribution in [1.29, 1.82) is 0 Å². The first-order valence-corrected chi connectivity index (χ1v) is 7.43. The Morgan fingerprint density at radius 1 is 1.42 bits per heavy atom. The Balaban J connectivity index is 1.94. The van der Waals surface area contributed by atoms with E-state index in [2.05, 4.69) is 15.0 Å². The molecule has 1 aliphatic carbocycles. The summed E-state index contributed by atoms with van der Waals surface area (Å²) in [5, 5.41) is 2.70. The molecule has 0 unspecified atom stereocenters. The highest BCUT2D eigenvalue weighted by atomic mass is 32.2. The number of pyridine rings is 1. The zero-order valence-electron chi connectivity index (χ0n) is 10.3. The molecule has 1 aromatic rings. The fourth-order valence-electron chi connectivity index (χ4n) is 1.44. The minimum atomic E-state index is -3.71. The van der Waals surface area contributed by atoms with E-state index < -0.39 is 10.0 Å². The van der Waals surface area contributed by atoms with Gasteiger partial charge in [0.05, 0.1) is 12.2 Å². The molecule has 104 valence electrons. The molecule has 0 aromatic carbocycles. The Kier molecular flexibility index (Phi) is 4.13. The number of carbonyl (C=O) groups excluding carboxylic acids is 1. The molecular weight excluding hydrogens is 268 g/mol. The Morgan fingerprint density at radius 3 is 2.68 bits per heavy atom. The van der Waals surface area contributed by atoms with E-state index in [-0.39, 0.29) is 29.9 Å². The molecule has 0 radical (unpaired) electrons. The number of aromatic nitrogens is 1. The van der Waals surface area contributed by atoms with Gasteiger partial charge in [0.2, 0.25) is 15.9 Å². The van der Waals surface area contributed by atoms with E-state index >= 15 is 0 Å². The lowest BCUT2D eigenvalue weighted by atomic mass is 10.4. The van der Waals surface area contributed by atoms with Crippen LogP contribution in [0.4, 0.5) is 0 Å². The van der Waals surface area contributed by atoms with Crippen LogP contribution < -0.4 is 15.8 Å². The highest BCUT2D eigenvalue weighted by Crippen LogP contribution is 2.18. The summed E-state index contributed by atoms with van der Waals surface area (Å²) in [6.07, 6.45) is 3.15. The molecule has 1 saturated carbocycles. The Morgan fingerprint density at radius 2 is 2.16 bits per heavy atom. The van der Waals surface area contributed by atoms with Crippen LogP contribution >= 0.6 is 0 Å². The Hall–Kier alpha value is -1.51. The third-order valence-electron chi connectivity index (χ3n) is 2.68. The van der Waals surface area contributed by atoms with Crippen LogP contribution in [0.25, 0.3) is 0 Å². The predicted molar refractivity (Wildman–Crippen MR) is 68.5 cm³/mol. The maximum atomic E-state index is 11.9. The van der Waals surface area contributed by atoms with Gasteiger partial charge in [-0.2, -0.15) is 0 Å². The third-order valence-corrected chi connectivity index (χ3v) is 4.07. The lowest BCUT2D eigenvalue weighted by Gasteiger charge is -2.07. The van der Waals surface area contributed by atoms with Crippen LogP contribution in [0.5, 0.6) is 0 Å². The van der Waals surface area contributed by atoms with Gasteiger partial charge in [0.1, 0.15) is 4.90 Å². The molecular formula is C11H16N4O3S. The molecule has 0 saturated heterocycles. The third kappa shape index (κ3) is 3.98. The minimum Gasteiger partial charge on any atom is -0.352 e. The predicted octanol–water partition coefficient (Wildman–Crippen LogP) is -0.903. The maximum absolute atomic E-state index is 11.9. The number of hydrogen-bond donors (Lipinski definition) is 3. The van der Waals surface area contributed by atoms with Crippen LogP contribution in [-0.2, 0) is 21.4 Å². The summed E-state index contributed by atoms with van der Waals surface area (Å²) in [4.78, 5) is 15.3. The summed E-state index contributed by atoms with van der Waals surface area (Å²) in [5.41, 5.74) is 5.98. The smallest absolute Gasteiger partial charge is 0.242 e. The first-order chi connectivity index (χ1) is 9.01. The van der Waals surface area contributed by atoms with E-state index in [1.165, 1.54) is 12.3 Å². The first kappa shape index (κ1) is 13.9. The van der Waals surface area contributed by atoms with Gasteiger partial charge in [-0.25, -0.2) is 13.1 Å². The van der Waals surface area contributed by atoms with Gasteiger partial charge in [-0.05, 0) is 25.0 Å². The highest BCUT2D eigenvalue weighted by molar-refractivity contribution is 7.89. The van der Waals surface area contributed by atoms with Crippen LogP contribution in [-0.4, -0.2) is 31.9 Å². The van der Waals surface area contributed by atoms with Gasteiger partial charge < -0.3 is 11.1 Å². The molecule has 2 rings (SSSR count). The normalized spacial score (nSPS) is 15.2. The van der Waals surface area contributed by atoms with Gasteiger partial charge >= 0.3 is 0 Å². The number of nitrogens with two attached hydrogens (primary N) is 1. The molecule has 7 nitrogen and oxygen atoms in total. The fraction of sp³-hybridized carbons (Fsp3) is 0.455. The summed E-state index contributed by atoms with van der Waals surface area (Å²) in [6, 6.07) is 3.16. The van der Waals surface area contributed by atoms with Crippen molar-refractivity contribution in [3.05, 3.63) is 24.0 Å². The van der Waals surface area contributed by atoms with Gasteiger partial charge in [-0.3, -0.25) is 9.78 Å². The van der Waals surface area contributed by atoms with E-state index in [0.29, 0.717) is 5.69 Å². The van der Waals surface area contributed by atoms with E-state index in [1.807, 2.05) is 0 Å². The van der Waals surface area contributed by atoms with Gasteiger partial charge in [0.25, 0.3) is 0 Å². The molecule has 19 heavy (non-hydrogen) atoms. The van der Waals surface area contributed by atoms with Crippen molar-refractivity contribution in [2.45, 2.75) is 30.3 Å². The molecule has 1 fully saturated rings. The van der Waals surface area contributed by atoms with E-state index in [1.54, 1.807) is 6.07 Å². The summed E-state index contributed by atoms with van der Waals surface area (Å²) in [7, 11) is -3.71. The Bertz CT molecular complexity index is 552. The van der Waals surface area contributed by atoms with E-state index in [0.717, 1.165) is 12.8 Å². The molecule has 1 amide bonds. The van der Waals surface area contributed by atoms with Gasteiger partial charge in [-0.1, -0.05) is 0 Å². The van der Waals surface area contributed by atoms with Gasteiger partial charge in [0.15, 0.2) is 0 Å². The van der Waals surface area contributed by atoms with Crippen molar-refractivity contribution >= 4 is 15.9 Å². The van der Waals surface area contributed by atoms with Crippen molar-refractivity contribution in [3.8, 4) is 0 Å². The van der Waals surface area contributed by atoms with Crippen LogP contribution in [0.2, 0.25) is 0 Å². The lowest BCUT2D eigenvalue weighted by Crippen LogP contribution is -2.37. The zero-order valence-corrected chi connectivity index (χ0v) is 11.1. The van der Waals surface area contributed by atoms with Crippen molar-refractivity contribution in [2.24, 2.45) is 5.73 Å². The lowest BCUT2D eigenvalue weighted by molar-refractivity contribution is -0.120. The Labute approximate surface area is 111 Å². The molecule has 0 spiro atoms. The second-order valence-corrected chi connectivity index (χ2v) is 6.12. The van der Waals surface area contributed by atoms with Crippen molar-refractivity contribution in [1.82, 2.24) is 15.0 Å². The highest BCUT2D eigenvalue weighted by Gasteiger charge is 2.24. The van der Waals surface area contributed by atoms with Crippen molar-refractivity contribution in [3.63, 3.8) is 0 Å². The SMILES string of the molecule is NCc1ccc(S(=O)(=O)NCC(=O)NC2CC2)cn1. The van der Waals surface area contributed by atoms with Crippen LogP contribution in [0.1, 0.15) is 18.5 Å². The molecule has 1 aliphatic rings. The standard InChI is InChI=1S/C11H16N4O3S/c12-5-9-3-4-10(6-13-9)19(17,18)14-7-11(16)15-8-1-2-8/h3-4,6,8,14H,1-2,5,7,12H2,(H,15,16).